The Morgan fingerprint density at radius 2 is 1.96 bits per heavy atom. The Hall–Kier alpha value is -1.60. The van der Waals surface area contributed by atoms with E-state index in [1.54, 1.807) is 6.07 Å². The Kier molecular flexibility index (Phi) is 5.10. The maximum absolute atomic E-state index is 12.8. The molecule has 0 N–H and O–H groups in total. The van der Waals surface area contributed by atoms with Gasteiger partial charge in [0, 0.05) is 39.3 Å². The van der Waals surface area contributed by atoms with Crippen LogP contribution < -0.4 is 0 Å². The van der Waals surface area contributed by atoms with Crippen molar-refractivity contribution in [1.82, 2.24) is 9.80 Å². The van der Waals surface area contributed by atoms with E-state index in [4.69, 9.17) is 4.74 Å². The first kappa shape index (κ1) is 17.2. The average Bonchev–Trinajstić information content (AvgIpc) is 3.09. The molecular formula is C17H21F3N2O2. The number of hydrogen-bond acceptors (Lipinski definition) is 3. The highest BCUT2D eigenvalue weighted by atomic mass is 19.4. The highest BCUT2D eigenvalue weighted by Gasteiger charge is 2.31. The topological polar surface area (TPSA) is 32.8 Å². The molecule has 132 valence electrons. The summed E-state index contributed by atoms with van der Waals surface area (Å²) in [4.78, 5) is 16.3. The fourth-order valence-corrected chi connectivity index (χ4v) is 3.22. The first-order chi connectivity index (χ1) is 11.4. The third-order valence-corrected chi connectivity index (χ3v) is 4.62. The van der Waals surface area contributed by atoms with Gasteiger partial charge in [-0.15, -0.1) is 0 Å². The monoisotopic (exact) mass is 342 g/mol. The lowest BCUT2D eigenvalue weighted by molar-refractivity contribution is -0.138. The number of benzene rings is 1. The summed E-state index contributed by atoms with van der Waals surface area (Å²) < 4.78 is 43.6. The largest absolute Gasteiger partial charge is 0.416 e. The Bertz CT molecular complexity index is 577. The van der Waals surface area contributed by atoms with Crippen LogP contribution in [0.5, 0.6) is 0 Å². The highest BCUT2D eigenvalue weighted by molar-refractivity contribution is 5.79. The lowest BCUT2D eigenvalue weighted by atomic mass is 10.1. The summed E-state index contributed by atoms with van der Waals surface area (Å²) in [6, 6.07) is 5.44. The Morgan fingerprint density at radius 3 is 2.58 bits per heavy atom. The number of amides is 1. The van der Waals surface area contributed by atoms with Crippen molar-refractivity contribution in [2.75, 3.05) is 39.4 Å². The van der Waals surface area contributed by atoms with Gasteiger partial charge >= 0.3 is 6.18 Å². The van der Waals surface area contributed by atoms with Gasteiger partial charge in [0.25, 0.3) is 0 Å². The van der Waals surface area contributed by atoms with Gasteiger partial charge in [0.05, 0.1) is 18.1 Å². The molecule has 0 saturated carbocycles. The molecule has 1 amide bonds. The number of halogens is 3. The average molecular weight is 342 g/mol. The van der Waals surface area contributed by atoms with Crippen LogP contribution in [0.1, 0.15) is 17.5 Å². The number of nitrogens with zero attached hydrogens (tertiary/aromatic N) is 2. The van der Waals surface area contributed by atoms with Gasteiger partial charge in [0.2, 0.25) is 5.91 Å². The second-order valence-corrected chi connectivity index (χ2v) is 6.36. The van der Waals surface area contributed by atoms with E-state index in [-0.39, 0.29) is 11.8 Å². The molecule has 1 atom stereocenters. The Labute approximate surface area is 139 Å². The molecule has 4 nitrogen and oxygen atoms in total. The van der Waals surface area contributed by atoms with Crippen LogP contribution in [0.2, 0.25) is 0 Å². The van der Waals surface area contributed by atoms with Crippen molar-refractivity contribution in [3.8, 4) is 0 Å². The molecule has 0 radical (unpaired) electrons. The number of rotatable bonds is 3. The van der Waals surface area contributed by atoms with Gasteiger partial charge in [-0.3, -0.25) is 9.69 Å². The quantitative estimate of drug-likeness (QED) is 0.846. The zero-order valence-corrected chi connectivity index (χ0v) is 13.4. The molecule has 0 aromatic heterocycles. The molecule has 7 heteroatoms. The number of carbonyl (C=O) groups excluding carboxylic acids is 1. The smallest absolute Gasteiger partial charge is 0.381 e. The molecule has 0 spiro atoms. The van der Waals surface area contributed by atoms with Crippen LogP contribution in [0, 0.1) is 5.92 Å². The van der Waals surface area contributed by atoms with Crippen molar-refractivity contribution >= 4 is 5.91 Å². The predicted octanol–water partition coefficient (Wildman–Crippen LogP) is 2.39. The third-order valence-electron chi connectivity index (χ3n) is 4.62. The van der Waals surface area contributed by atoms with E-state index in [1.807, 2.05) is 4.90 Å². The van der Waals surface area contributed by atoms with Crippen LogP contribution in [-0.2, 0) is 22.3 Å². The molecule has 1 aromatic carbocycles. The van der Waals surface area contributed by atoms with Gasteiger partial charge in [-0.2, -0.15) is 13.2 Å². The molecule has 2 aliphatic rings. The van der Waals surface area contributed by atoms with E-state index in [0.29, 0.717) is 51.5 Å². The standard InChI is InChI=1S/C17H21F3N2O2/c18-17(19,20)15-3-1-2-13(10-15)11-21-5-7-22(8-6-21)16(23)14-4-9-24-12-14/h1-3,10,14H,4-9,11-12H2/t14-/m1/s1. The molecule has 3 rings (SSSR count). The maximum Gasteiger partial charge on any atom is 0.416 e. The lowest BCUT2D eigenvalue weighted by Gasteiger charge is -2.35. The first-order valence-corrected chi connectivity index (χ1v) is 8.18. The molecule has 2 heterocycles. The van der Waals surface area contributed by atoms with Gasteiger partial charge < -0.3 is 9.64 Å². The summed E-state index contributed by atoms with van der Waals surface area (Å²) in [7, 11) is 0. The second kappa shape index (κ2) is 7.11. The van der Waals surface area contributed by atoms with Gasteiger partial charge in [-0.25, -0.2) is 0 Å². The van der Waals surface area contributed by atoms with Crippen LogP contribution >= 0.6 is 0 Å². The fourth-order valence-electron chi connectivity index (χ4n) is 3.22. The van der Waals surface area contributed by atoms with Crippen LogP contribution in [0.25, 0.3) is 0 Å². The van der Waals surface area contributed by atoms with Crippen LogP contribution in [0.4, 0.5) is 13.2 Å². The van der Waals surface area contributed by atoms with Crippen molar-refractivity contribution < 1.29 is 22.7 Å². The molecule has 0 aliphatic carbocycles. The molecule has 2 aliphatic heterocycles. The van der Waals surface area contributed by atoms with Gasteiger partial charge in [0.1, 0.15) is 0 Å². The van der Waals surface area contributed by atoms with E-state index in [9.17, 15) is 18.0 Å². The van der Waals surface area contributed by atoms with E-state index in [1.165, 1.54) is 12.1 Å². The molecular weight excluding hydrogens is 321 g/mol. The number of ether oxygens (including phenoxy) is 1. The number of carbonyl (C=O) groups is 1. The lowest BCUT2D eigenvalue weighted by Crippen LogP contribution is -2.50. The first-order valence-electron chi connectivity index (χ1n) is 8.18. The van der Waals surface area contributed by atoms with Crippen molar-refractivity contribution in [1.29, 1.82) is 0 Å². The Morgan fingerprint density at radius 1 is 1.21 bits per heavy atom. The van der Waals surface area contributed by atoms with Crippen LogP contribution in [0.15, 0.2) is 24.3 Å². The molecule has 2 saturated heterocycles. The van der Waals surface area contributed by atoms with E-state index < -0.39 is 11.7 Å². The number of piperazine rings is 1. The van der Waals surface area contributed by atoms with Gasteiger partial charge in [0.15, 0.2) is 0 Å². The summed E-state index contributed by atoms with van der Waals surface area (Å²) in [5.41, 5.74) is 0.0313. The molecule has 0 unspecified atom stereocenters. The SMILES string of the molecule is O=C([C@@H]1CCOC1)N1CCN(Cc2cccc(C(F)(F)F)c2)CC1. The van der Waals surface area contributed by atoms with Crippen molar-refractivity contribution in [3.63, 3.8) is 0 Å². The molecule has 2 fully saturated rings. The normalized spacial score (nSPS) is 22.8. The minimum absolute atomic E-state index is 0.0278. The summed E-state index contributed by atoms with van der Waals surface area (Å²) in [6.07, 6.45) is -3.53. The molecule has 24 heavy (non-hydrogen) atoms. The highest BCUT2D eigenvalue weighted by Crippen LogP contribution is 2.29. The Balaban J connectivity index is 1.53. The van der Waals surface area contributed by atoms with Gasteiger partial charge in [-0.1, -0.05) is 18.2 Å². The summed E-state index contributed by atoms with van der Waals surface area (Å²) >= 11 is 0. The minimum Gasteiger partial charge on any atom is -0.381 e. The van der Waals surface area contributed by atoms with Gasteiger partial charge in [-0.05, 0) is 18.1 Å². The van der Waals surface area contributed by atoms with Crippen molar-refractivity contribution in [2.24, 2.45) is 5.92 Å². The predicted molar refractivity (Wildman–Crippen MR) is 82.2 cm³/mol. The van der Waals surface area contributed by atoms with E-state index in [2.05, 4.69) is 4.90 Å². The van der Waals surface area contributed by atoms with Crippen LogP contribution in [-0.4, -0.2) is 55.1 Å². The van der Waals surface area contributed by atoms with E-state index in [0.717, 1.165) is 12.5 Å². The number of hydrogen-bond donors (Lipinski definition) is 0. The zero-order valence-electron chi connectivity index (χ0n) is 13.4. The maximum atomic E-state index is 12.8. The van der Waals surface area contributed by atoms with Crippen molar-refractivity contribution in [3.05, 3.63) is 35.4 Å². The number of alkyl halides is 3. The second-order valence-electron chi connectivity index (χ2n) is 6.36. The molecule has 0 bridgehead atoms. The minimum atomic E-state index is -4.32. The zero-order chi connectivity index (χ0) is 17.2. The summed E-state index contributed by atoms with van der Waals surface area (Å²) in [5.74, 6) is 0.117. The fraction of sp³-hybridized carbons (Fsp3) is 0.588. The summed E-state index contributed by atoms with van der Waals surface area (Å²) in [5, 5.41) is 0. The van der Waals surface area contributed by atoms with E-state index >= 15 is 0 Å². The molecule has 1 aromatic rings. The van der Waals surface area contributed by atoms with Crippen LogP contribution in [0.3, 0.4) is 0 Å². The summed E-state index contributed by atoms with van der Waals surface area (Å²) in [6.45, 7) is 4.21. The van der Waals surface area contributed by atoms with Crippen molar-refractivity contribution in [2.45, 2.75) is 19.1 Å². The third kappa shape index (κ3) is 4.08.